The minimum absolute atomic E-state index is 0.0786. The normalized spacial score (nSPS) is 10.6. The highest BCUT2D eigenvalue weighted by molar-refractivity contribution is 6.30. The van der Waals surface area contributed by atoms with Gasteiger partial charge in [0.2, 0.25) is 0 Å². The average Bonchev–Trinajstić information content (AvgIpc) is 2.56. The number of para-hydroxylation sites is 1. The Balaban J connectivity index is 2.01. The summed E-state index contributed by atoms with van der Waals surface area (Å²) in [7, 11) is 1.48. The number of halogens is 1. The quantitative estimate of drug-likeness (QED) is 0.729. The number of carbonyl (C=O) groups excluding carboxylic acids is 1. The molecule has 0 radical (unpaired) electrons. The van der Waals surface area contributed by atoms with E-state index in [0.29, 0.717) is 27.4 Å². The van der Waals surface area contributed by atoms with E-state index in [1.54, 1.807) is 36.4 Å². The zero-order valence-electron chi connectivity index (χ0n) is 13.1. The lowest BCUT2D eigenvalue weighted by atomic mass is 10.1. The lowest BCUT2D eigenvalue weighted by Crippen LogP contribution is -2.21. The van der Waals surface area contributed by atoms with E-state index < -0.39 is 11.5 Å². The van der Waals surface area contributed by atoms with Crippen molar-refractivity contribution in [1.82, 2.24) is 0 Å². The third-order valence-electron chi connectivity index (χ3n) is 3.63. The summed E-state index contributed by atoms with van der Waals surface area (Å²) in [6, 6.07) is 11.7. The van der Waals surface area contributed by atoms with Crippen molar-refractivity contribution in [3.8, 4) is 5.75 Å². The Morgan fingerprint density at radius 2 is 2.00 bits per heavy atom. The molecule has 1 aromatic heterocycles. The number of aryl methyl sites for hydroxylation is 1. The Hall–Kier alpha value is -2.79. The summed E-state index contributed by atoms with van der Waals surface area (Å²) < 4.78 is 10.4. The van der Waals surface area contributed by atoms with Gasteiger partial charge >= 0.3 is 5.63 Å². The van der Waals surface area contributed by atoms with Gasteiger partial charge in [0.25, 0.3) is 5.91 Å². The highest BCUT2D eigenvalue weighted by atomic mass is 35.5. The fraction of sp³-hybridized carbons (Fsp3) is 0.111. The summed E-state index contributed by atoms with van der Waals surface area (Å²) in [5.41, 5.74) is 0.877. The molecule has 0 aliphatic carbocycles. The van der Waals surface area contributed by atoms with Crippen LogP contribution in [0, 0.1) is 6.92 Å². The SMILES string of the molecule is COc1cccc2cc(C(=O)Nc3ccc(Cl)cc3C)c(=O)oc12. The van der Waals surface area contributed by atoms with Crippen LogP contribution >= 0.6 is 11.6 Å². The molecule has 0 aliphatic heterocycles. The fourth-order valence-electron chi connectivity index (χ4n) is 2.39. The molecule has 122 valence electrons. The molecule has 5 nitrogen and oxygen atoms in total. The molecule has 0 bridgehead atoms. The second-order valence-corrected chi connectivity index (χ2v) is 5.68. The molecule has 0 spiro atoms. The number of benzene rings is 2. The monoisotopic (exact) mass is 343 g/mol. The summed E-state index contributed by atoms with van der Waals surface area (Å²) in [6.45, 7) is 1.81. The molecule has 0 saturated heterocycles. The molecule has 2 aromatic carbocycles. The number of hydrogen-bond acceptors (Lipinski definition) is 4. The van der Waals surface area contributed by atoms with Gasteiger partial charge in [0.1, 0.15) is 5.56 Å². The van der Waals surface area contributed by atoms with Crippen LogP contribution in [0.3, 0.4) is 0 Å². The molecular weight excluding hydrogens is 330 g/mol. The summed E-state index contributed by atoms with van der Waals surface area (Å²) >= 11 is 5.90. The van der Waals surface area contributed by atoms with Gasteiger partial charge in [-0.3, -0.25) is 4.79 Å². The van der Waals surface area contributed by atoms with E-state index in [4.69, 9.17) is 20.8 Å². The lowest BCUT2D eigenvalue weighted by molar-refractivity contribution is 0.102. The van der Waals surface area contributed by atoms with Gasteiger partial charge in [-0.1, -0.05) is 23.7 Å². The topological polar surface area (TPSA) is 68.5 Å². The van der Waals surface area contributed by atoms with E-state index in [2.05, 4.69) is 5.32 Å². The Bertz CT molecular complexity index is 994. The molecule has 24 heavy (non-hydrogen) atoms. The largest absolute Gasteiger partial charge is 0.493 e. The lowest BCUT2D eigenvalue weighted by Gasteiger charge is -2.09. The second kappa shape index (κ2) is 6.37. The van der Waals surface area contributed by atoms with E-state index in [1.165, 1.54) is 13.2 Å². The fourth-order valence-corrected chi connectivity index (χ4v) is 2.62. The maximum atomic E-state index is 12.4. The number of ether oxygens (including phenoxy) is 1. The molecule has 1 amide bonds. The van der Waals surface area contributed by atoms with Gasteiger partial charge in [-0.15, -0.1) is 0 Å². The molecule has 0 saturated carbocycles. The molecule has 0 unspecified atom stereocenters. The Kier molecular flexibility index (Phi) is 4.27. The Morgan fingerprint density at radius 1 is 1.21 bits per heavy atom. The highest BCUT2D eigenvalue weighted by Gasteiger charge is 2.16. The van der Waals surface area contributed by atoms with Crippen molar-refractivity contribution in [2.24, 2.45) is 0 Å². The second-order valence-electron chi connectivity index (χ2n) is 5.24. The first-order valence-corrected chi connectivity index (χ1v) is 7.56. The van der Waals surface area contributed by atoms with Gasteiger partial charge in [0.05, 0.1) is 7.11 Å². The molecule has 1 N–H and O–H groups in total. The maximum absolute atomic E-state index is 12.4. The molecule has 3 rings (SSSR count). The van der Waals surface area contributed by atoms with Crippen LogP contribution in [0.4, 0.5) is 5.69 Å². The van der Waals surface area contributed by atoms with Gasteiger partial charge in [0, 0.05) is 16.1 Å². The van der Waals surface area contributed by atoms with Crippen molar-refractivity contribution < 1.29 is 13.9 Å². The summed E-state index contributed by atoms with van der Waals surface area (Å²) in [5.74, 6) is -0.107. The van der Waals surface area contributed by atoms with Crippen LogP contribution in [0.25, 0.3) is 11.0 Å². The van der Waals surface area contributed by atoms with Crippen molar-refractivity contribution in [2.45, 2.75) is 6.92 Å². The van der Waals surface area contributed by atoms with Gasteiger partial charge in [-0.25, -0.2) is 4.79 Å². The van der Waals surface area contributed by atoms with Crippen molar-refractivity contribution in [3.05, 3.63) is 69.0 Å². The third-order valence-corrected chi connectivity index (χ3v) is 3.86. The van der Waals surface area contributed by atoms with Crippen molar-refractivity contribution in [3.63, 3.8) is 0 Å². The highest BCUT2D eigenvalue weighted by Crippen LogP contribution is 2.25. The Morgan fingerprint density at radius 3 is 2.71 bits per heavy atom. The van der Waals surface area contributed by atoms with Crippen molar-refractivity contribution >= 4 is 34.2 Å². The summed E-state index contributed by atoms with van der Waals surface area (Å²) in [6.07, 6.45) is 0. The maximum Gasteiger partial charge on any atom is 0.349 e. The number of fused-ring (bicyclic) bond motifs is 1. The minimum atomic E-state index is -0.726. The molecule has 0 atom stereocenters. The third kappa shape index (κ3) is 2.98. The van der Waals surface area contributed by atoms with Gasteiger partial charge in [0.15, 0.2) is 11.3 Å². The zero-order valence-corrected chi connectivity index (χ0v) is 13.8. The van der Waals surface area contributed by atoms with Crippen LogP contribution in [0.1, 0.15) is 15.9 Å². The van der Waals surface area contributed by atoms with Crippen LogP contribution in [0.5, 0.6) is 5.75 Å². The molecular formula is C18H14ClNO4. The minimum Gasteiger partial charge on any atom is -0.493 e. The van der Waals surface area contributed by atoms with Crippen LogP contribution < -0.4 is 15.7 Å². The van der Waals surface area contributed by atoms with E-state index in [9.17, 15) is 9.59 Å². The van der Waals surface area contributed by atoms with Crippen molar-refractivity contribution in [1.29, 1.82) is 0 Å². The van der Waals surface area contributed by atoms with E-state index in [0.717, 1.165) is 5.56 Å². The predicted molar refractivity (Wildman–Crippen MR) is 93.2 cm³/mol. The van der Waals surface area contributed by atoms with E-state index in [-0.39, 0.29) is 5.56 Å². The van der Waals surface area contributed by atoms with Gasteiger partial charge in [-0.2, -0.15) is 0 Å². The number of carbonyl (C=O) groups is 1. The average molecular weight is 344 g/mol. The van der Waals surface area contributed by atoms with Gasteiger partial charge < -0.3 is 14.5 Å². The number of nitrogens with one attached hydrogen (secondary N) is 1. The molecule has 0 aliphatic rings. The number of hydrogen-bond donors (Lipinski definition) is 1. The first kappa shape index (κ1) is 16.1. The van der Waals surface area contributed by atoms with Crippen molar-refractivity contribution in [2.75, 3.05) is 12.4 Å². The first-order valence-electron chi connectivity index (χ1n) is 7.18. The zero-order chi connectivity index (χ0) is 17.3. The number of rotatable bonds is 3. The smallest absolute Gasteiger partial charge is 0.349 e. The standard InChI is InChI=1S/C18H14ClNO4/c1-10-8-12(19)6-7-14(10)20-17(21)13-9-11-4-3-5-15(23-2)16(11)24-18(13)22/h3-9H,1-2H3,(H,20,21). The number of methoxy groups -OCH3 is 1. The predicted octanol–water partition coefficient (Wildman–Crippen LogP) is 4.02. The van der Waals surface area contributed by atoms with Crippen LogP contribution in [0.2, 0.25) is 5.02 Å². The van der Waals surface area contributed by atoms with Crippen LogP contribution in [-0.4, -0.2) is 13.0 Å². The Labute approximate surface area is 142 Å². The molecule has 3 aromatic rings. The summed E-state index contributed by atoms with van der Waals surface area (Å²) in [4.78, 5) is 24.6. The van der Waals surface area contributed by atoms with Crippen LogP contribution in [-0.2, 0) is 0 Å². The summed E-state index contributed by atoms with van der Waals surface area (Å²) in [5, 5.41) is 3.87. The first-order chi connectivity index (χ1) is 11.5. The van der Waals surface area contributed by atoms with Gasteiger partial charge in [-0.05, 0) is 42.8 Å². The van der Waals surface area contributed by atoms with E-state index in [1.807, 2.05) is 6.92 Å². The molecule has 6 heteroatoms. The number of amides is 1. The molecule has 0 fully saturated rings. The molecule has 1 heterocycles. The van der Waals surface area contributed by atoms with Crippen LogP contribution in [0.15, 0.2) is 51.7 Å². The number of anilines is 1. The van der Waals surface area contributed by atoms with E-state index >= 15 is 0 Å².